The van der Waals surface area contributed by atoms with Crippen molar-refractivity contribution in [3.8, 4) is 16.8 Å². The van der Waals surface area contributed by atoms with E-state index in [4.69, 9.17) is 4.74 Å². The van der Waals surface area contributed by atoms with Crippen LogP contribution in [0.25, 0.3) is 49.7 Å². The third-order valence-electron chi connectivity index (χ3n) is 7.13. The van der Waals surface area contributed by atoms with E-state index in [1.165, 1.54) is 0 Å². The van der Waals surface area contributed by atoms with Crippen LogP contribution in [-0.2, 0) is 11.8 Å². The van der Waals surface area contributed by atoms with E-state index in [9.17, 15) is 4.79 Å². The second-order valence-corrected chi connectivity index (χ2v) is 9.29. The number of anilines is 1. The fourth-order valence-electron chi connectivity index (χ4n) is 5.14. The van der Waals surface area contributed by atoms with Gasteiger partial charge in [0.25, 0.3) is 0 Å². The molecule has 0 amide bonds. The van der Waals surface area contributed by atoms with Gasteiger partial charge in [0.05, 0.1) is 53.4 Å². The summed E-state index contributed by atoms with van der Waals surface area (Å²) in [5.41, 5.74) is 5.98. The highest BCUT2D eigenvalue weighted by Gasteiger charge is 2.18. The van der Waals surface area contributed by atoms with Crippen LogP contribution in [0.15, 0.2) is 84.0 Å². The quantitative estimate of drug-likeness (QED) is 0.369. The average molecular weight is 489 g/mol. The van der Waals surface area contributed by atoms with E-state index < -0.39 is 0 Å². The molecule has 0 unspecified atom stereocenters. The lowest BCUT2D eigenvalue weighted by molar-refractivity contribution is 0.122. The van der Waals surface area contributed by atoms with Gasteiger partial charge in [0.1, 0.15) is 5.82 Å². The average Bonchev–Trinajstić information content (AvgIpc) is 3.23. The molecule has 0 atom stereocenters. The highest BCUT2D eigenvalue weighted by atomic mass is 16.5. The van der Waals surface area contributed by atoms with Gasteiger partial charge in [-0.05, 0) is 42.0 Å². The van der Waals surface area contributed by atoms with Gasteiger partial charge >= 0.3 is 5.69 Å². The van der Waals surface area contributed by atoms with Gasteiger partial charge in [-0.2, -0.15) is 0 Å². The van der Waals surface area contributed by atoms with Crippen LogP contribution < -0.4 is 10.6 Å². The topological polar surface area (TPSA) is 78.1 Å². The first kappa shape index (κ1) is 21.7. The van der Waals surface area contributed by atoms with Gasteiger partial charge in [-0.3, -0.25) is 19.1 Å². The van der Waals surface area contributed by atoms with Crippen molar-refractivity contribution in [1.29, 1.82) is 0 Å². The maximum atomic E-state index is 13.5. The highest BCUT2D eigenvalue weighted by molar-refractivity contribution is 6.04. The lowest BCUT2D eigenvalue weighted by atomic mass is 10.0. The Bertz CT molecular complexity index is 1850. The van der Waals surface area contributed by atoms with Crippen molar-refractivity contribution in [1.82, 2.24) is 24.1 Å². The molecule has 5 heterocycles. The third kappa shape index (κ3) is 3.56. The molecule has 0 bridgehead atoms. The van der Waals surface area contributed by atoms with E-state index >= 15 is 0 Å². The molecule has 1 saturated heterocycles. The van der Waals surface area contributed by atoms with E-state index in [-0.39, 0.29) is 5.69 Å². The number of aromatic nitrogens is 5. The minimum absolute atomic E-state index is 0.136. The van der Waals surface area contributed by atoms with Crippen LogP contribution in [0.2, 0.25) is 0 Å². The second-order valence-electron chi connectivity index (χ2n) is 9.29. The molecule has 1 aliphatic heterocycles. The molecule has 0 N–H and O–H groups in total. The maximum Gasteiger partial charge on any atom is 0.333 e. The summed E-state index contributed by atoms with van der Waals surface area (Å²) in [6.45, 7) is 3.01. The lowest BCUT2D eigenvalue weighted by Crippen LogP contribution is -2.36. The molecular weight excluding hydrogens is 464 g/mol. The van der Waals surface area contributed by atoms with Crippen molar-refractivity contribution in [3.05, 3.63) is 89.7 Å². The van der Waals surface area contributed by atoms with Crippen LogP contribution >= 0.6 is 0 Å². The van der Waals surface area contributed by atoms with Crippen molar-refractivity contribution in [2.75, 3.05) is 31.2 Å². The Hall–Kier alpha value is -4.56. The molecule has 0 saturated carbocycles. The molecule has 8 heteroatoms. The van der Waals surface area contributed by atoms with Gasteiger partial charge in [0, 0.05) is 42.7 Å². The summed E-state index contributed by atoms with van der Waals surface area (Å²) in [4.78, 5) is 29.6. The monoisotopic (exact) mass is 488 g/mol. The lowest BCUT2D eigenvalue weighted by Gasteiger charge is -2.27. The van der Waals surface area contributed by atoms with Crippen molar-refractivity contribution >= 4 is 38.7 Å². The molecule has 2 aromatic carbocycles. The fraction of sp³-hybridized carbons (Fsp3) is 0.172. The molecule has 4 aromatic heterocycles. The number of fused-ring (bicyclic) bond motifs is 4. The maximum absolute atomic E-state index is 13.5. The van der Waals surface area contributed by atoms with Crippen LogP contribution in [-0.4, -0.2) is 50.4 Å². The zero-order valence-corrected chi connectivity index (χ0v) is 20.3. The number of para-hydroxylation sites is 1. The molecule has 37 heavy (non-hydrogen) atoms. The summed E-state index contributed by atoms with van der Waals surface area (Å²) in [6.07, 6.45) is 5.43. The van der Waals surface area contributed by atoms with Gasteiger partial charge in [-0.15, -0.1) is 0 Å². The summed E-state index contributed by atoms with van der Waals surface area (Å²) < 4.78 is 8.83. The molecule has 1 fully saturated rings. The van der Waals surface area contributed by atoms with E-state index in [2.05, 4.69) is 44.1 Å². The third-order valence-corrected chi connectivity index (χ3v) is 7.13. The van der Waals surface area contributed by atoms with E-state index in [0.717, 1.165) is 68.6 Å². The molecule has 0 aliphatic carbocycles. The van der Waals surface area contributed by atoms with E-state index in [0.29, 0.717) is 13.2 Å². The van der Waals surface area contributed by atoms with Crippen molar-refractivity contribution < 1.29 is 4.74 Å². The van der Waals surface area contributed by atoms with Gasteiger partial charge in [0.2, 0.25) is 0 Å². The number of ether oxygens (including phenoxy) is 1. The number of hydrogen-bond acceptors (Lipinski definition) is 6. The summed E-state index contributed by atoms with van der Waals surface area (Å²) >= 11 is 0. The van der Waals surface area contributed by atoms with Gasteiger partial charge in [-0.1, -0.05) is 24.3 Å². The predicted octanol–water partition coefficient (Wildman–Crippen LogP) is 4.32. The highest BCUT2D eigenvalue weighted by Crippen LogP contribution is 2.30. The number of pyridine rings is 3. The predicted molar refractivity (Wildman–Crippen MR) is 145 cm³/mol. The van der Waals surface area contributed by atoms with Gasteiger partial charge < -0.3 is 9.64 Å². The van der Waals surface area contributed by atoms with Crippen molar-refractivity contribution in [2.45, 2.75) is 0 Å². The van der Waals surface area contributed by atoms with Crippen LogP contribution in [0.3, 0.4) is 0 Å². The number of hydrogen-bond donors (Lipinski definition) is 0. The minimum Gasteiger partial charge on any atom is -0.378 e. The first-order chi connectivity index (χ1) is 18.2. The molecule has 7 rings (SSSR count). The summed E-state index contributed by atoms with van der Waals surface area (Å²) in [7, 11) is 1.78. The zero-order chi connectivity index (χ0) is 24.9. The smallest absolute Gasteiger partial charge is 0.333 e. The zero-order valence-electron chi connectivity index (χ0n) is 20.3. The molecular formula is C29H24N6O2. The molecule has 0 spiro atoms. The standard InChI is InChI=1S/C29H24N6O2/c1-33-26-18-31-25-8-6-19(21-14-20-4-2-3-5-24(20)30-16-21)15-23(25)28(26)35(29(33)36)22-7-9-27(32-17-22)34-10-12-37-13-11-34/h2-9,14-18H,10-13H2,1H3. The Morgan fingerprint density at radius 1 is 0.811 bits per heavy atom. The molecule has 1 aliphatic rings. The van der Waals surface area contributed by atoms with Crippen LogP contribution in [0.5, 0.6) is 0 Å². The molecule has 182 valence electrons. The number of benzene rings is 2. The SMILES string of the molecule is Cn1c(=O)n(-c2ccc(N3CCOCC3)nc2)c2c3cc(-c4cnc5ccccc5c4)ccc3ncc21. The van der Waals surface area contributed by atoms with Crippen LogP contribution in [0.4, 0.5) is 5.82 Å². The summed E-state index contributed by atoms with van der Waals surface area (Å²) in [5.74, 6) is 0.887. The molecule has 8 nitrogen and oxygen atoms in total. The second kappa shape index (κ2) is 8.53. The number of imidazole rings is 1. The molecule has 6 aromatic rings. The minimum atomic E-state index is -0.136. The van der Waals surface area contributed by atoms with Crippen molar-refractivity contribution in [3.63, 3.8) is 0 Å². The molecule has 0 radical (unpaired) electrons. The van der Waals surface area contributed by atoms with Crippen LogP contribution in [0.1, 0.15) is 0 Å². The number of nitrogens with zero attached hydrogens (tertiary/aromatic N) is 6. The first-order valence-electron chi connectivity index (χ1n) is 12.3. The van der Waals surface area contributed by atoms with Crippen molar-refractivity contribution in [2.24, 2.45) is 7.05 Å². The fourth-order valence-corrected chi connectivity index (χ4v) is 5.14. The normalized spacial score (nSPS) is 14.1. The first-order valence-corrected chi connectivity index (χ1v) is 12.3. The van der Waals surface area contributed by atoms with E-state index in [1.54, 1.807) is 28.6 Å². The van der Waals surface area contributed by atoms with Gasteiger partial charge in [-0.25, -0.2) is 9.78 Å². The Kier molecular flexibility index (Phi) is 5.00. The van der Waals surface area contributed by atoms with E-state index in [1.807, 2.05) is 42.6 Å². The van der Waals surface area contributed by atoms with Gasteiger partial charge in [0.15, 0.2) is 0 Å². The summed E-state index contributed by atoms with van der Waals surface area (Å²) in [5, 5.41) is 1.98. The number of rotatable bonds is 3. The summed E-state index contributed by atoms with van der Waals surface area (Å²) in [6, 6.07) is 20.3. The Balaban J connectivity index is 1.40. The Labute approximate surface area is 212 Å². The largest absolute Gasteiger partial charge is 0.378 e. The Morgan fingerprint density at radius 2 is 1.65 bits per heavy atom. The van der Waals surface area contributed by atoms with Crippen LogP contribution in [0, 0.1) is 0 Å². The Morgan fingerprint density at radius 3 is 2.49 bits per heavy atom. The number of morpholine rings is 1. The number of aryl methyl sites for hydroxylation is 1.